The summed E-state index contributed by atoms with van der Waals surface area (Å²) in [7, 11) is 0. The molecule has 0 unspecified atom stereocenters. The molecule has 1 aliphatic rings. The third-order valence-electron chi connectivity index (χ3n) is 5.34. The first kappa shape index (κ1) is 19.9. The Kier molecular flexibility index (Phi) is 5.61. The van der Waals surface area contributed by atoms with Crippen LogP contribution in [-0.2, 0) is 17.8 Å². The Bertz CT molecular complexity index is 1240. The zero-order chi connectivity index (χ0) is 21.8. The summed E-state index contributed by atoms with van der Waals surface area (Å²) in [4.78, 5) is 12.7. The Hall–Kier alpha value is -4.00. The van der Waals surface area contributed by atoms with Crippen LogP contribution >= 0.6 is 0 Å². The van der Waals surface area contributed by atoms with Gasteiger partial charge in [-0.1, -0.05) is 36.4 Å². The summed E-state index contributed by atoms with van der Waals surface area (Å²) in [5, 5.41) is 14.5. The van der Waals surface area contributed by atoms with Gasteiger partial charge < -0.3 is 20.1 Å². The van der Waals surface area contributed by atoms with Crippen LogP contribution < -0.4 is 20.1 Å². The molecule has 2 heterocycles. The van der Waals surface area contributed by atoms with Crippen LogP contribution in [0.3, 0.4) is 0 Å². The highest BCUT2D eigenvalue weighted by Gasteiger charge is 2.14. The number of aromatic amines is 1. The van der Waals surface area contributed by atoms with E-state index >= 15 is 0 Å². The van der Waals surface area contributed by atoms with Gasteiger partial charge in [0, 0.05) is 24.0 Å². The van der Waals surface area contributed by atoms with E-state index < -0.39 is 0 Å². The number of anilines is 2. The van der Waals surface area contributed by atoms with Gasteiger partial charge in [0.05, 0.1) is 25.2 Å². The molecule has 0 atom stereocenters. The number of aromatic nitrogens is 2. The second-order valence-electron chi connectivity index (χ2n) is 7.73. The smallest absolute Gasteiger partial charge is 0.230 e. The Morgan fingerprint density at radius 2 is 1.78 bits per heavy atom. The number of carbonyl (C=O) groups excluding carboxylic acids is 1. The monoisotopic (exact) mass is 428 g/mol. The lowest BCUT2D eigenvalue weighted by atomic mass is 10.1. The van der Waals surface area contributed by atoms with Gasteiger partial charge >= 0.3 is 0 Å². The van der Waals surface area contributed by atoms with E-state index in [9.17, 15) is 4.79 Å². The van der Waals surface area contributed by atoms with E-state index in [4.69, 9.17) is 9.47 Å². The first-order chi connectivity index (χ1) is 15.7. The lowest BCUT2D eigenvalue weighted by molar-refractivity contribution is -0.115. The fraction of sp³-hybridized carbons (Fsp3) is 0.200. The van der Waals surface area contributed by atoms with E-state index in [-0.39, 0.29) is 12.3 Å². The average molecular weight is 428 g/mol. The third-order valence-corrected chi connectivity index (χ3v) is 5.34. The maximum atomic E-state index is 12.7. The van der Waals surface area contributed by atoms with E-state index in [1.165, 1.54) is 5.56 Å². The Labute approximate surface area is 185 Å². The predicted octanol–water partition coefficient (Wildman–Crippen LogP) is 4.52. The number of hydrogen-bond donors (Lipinski definition) is 3. The van der Waals surface area contributed by atoms with Crippen LogP contribution in [0, 0.1) is 0 Å². The van der Waals surface area contributed by atoms with Gasteiger partial charge in [-0.05, 0) is 41.5 Å². The molecule has 1 amide bonds. The van der Waals surface area contributed by atoms with Crippen LogP contribution in [0.15, 0.2) is 66.7 Å². The number of amides is 1. The van der Waals surface area contributed by atoms with Crippen molar-refractivity contribution in [3.8, 4) is 11.5 Å². The van der Waals surface area contributed by atoms with Crippen molar-refractivity contribution >= 4 is 28.3 Å². The lowest BCUT2D eigenvalue weighted by Crippen LogP contribution is -2.15. The van der Waals surface area contributed by atoms with Crippen LogP contribution in [0.4, 0.5) is 11.5 Å². The molecular formula is C25H24N4O3. The van der Waals surface area contributed by atoms with E-state index in [1.807, 2.05) is 54.6 Å². The zero-order valence-electron chi connectivity index (χ0n) is 17.6. The molecule has 1 aliphatic heterocycles. The molecule has 3 N–H and O–H groups in total. The third kappa shape index (κ3) is 4.51. The summed E-state index contributed by atoms with van der Waals surface area (Å²) in [5.41, 5.74) is 3.88. The normalized spacial score (nSPS) is 12.9. The van der Waals surface area contributed by atoms with Crippen molar-refractivity contribution in [3.63, 3.8) is 0 Å². The summed E-state index contributed by atoms with van der Waals surface area (Å²) in [6.07, 6.45) is 1.07. The maximum absolute atomic E-state index is 12.7. The highest BCUT2D eigenvalue weighted by Crippen LogP contribution is 2.31. The summed E-state index contributed by atoms with van der Waals surface area (Å²) in [6, 6.07) is 21.8. The highest BCUT2D eigenvalue weighted by atomic mass is 16.5. The van der Waals surface area contributed by atoms with Gasteiger partial charge in [-0.15, -0.1) is 0 Å². The van der Waals surface area contributed by atoms with Crippen LogP contribution in [0.5, 0.6) is 11.5 Å². The largest absolute Gasteiger partial charge is 0.490 e. The van der Waals surface area contributed by atoms with Crippen molar-refractivity contribution in [2.45, 2.75) is 19.4 Å². The van der Waals surface area contributed by atoms with Crippen molar-refractivity contribution < 1.29 is 14.3 Å². The SMILES string of the molecule is O=C(Cc1ccc2c(c1)OCCCO2)Nc1n[nH]c2ccc(NCc3ccccc3)cc12. The minimum Gasteiger partial charge on any atom is -0.490 e. The quantitative estimate of drug-likeness (QED) is 0.420. The molecule has 32 heavy (non-hydrogen) atoms. The Morgan fingerprint density at radius 1 is 0.938 bits per heavy atom. The molecule has 0 bridgehead atoms. The molecular weight excluding hydrogens is 404 g/mol. The van der Waals surface area contributed by atoms with Crippen molar-refractivity contribution in [1.82, 2.24) is 10.2 Å². The van der Waals surface area contributed by atoms with E-state index in [0.717, 1.165) is 40.9 Å². The number of ether oxygens (including phenoxy) is 2. The van der Waals surface area contributed by atoms with E-state index in [2.05, 4.69) is 33.0 Å². The van der Waals surface area contributed by atoms with Gasteiger partial charge in [0.25, 0.3) is 0 Å². The fourth-order valence-corrected chi connectivity index (χ4v) is 3.70. The fourth-order valence-electron chi connectivity index (χ4n) is 3.70. The number of rotatable bonds is 6. The van der Waals surface area contributed by atoms with Crippen molar-refractivity contribution in [3.05, 3.63) is 77.9 Å². The molecule has 162 valence electrons. The zero-order valence-corrected chi connectivity index (χ0v) is 17.6. The van der Waals surface area contributed by atoms with Gasteiger partial charge in [-0.2, -0.15) is 5.10 Å². The molecule has 0 aliphatic carbocycles. The number of carbonyl (C=O) groups is 1. The second kappa shape index (κ2) is 9.01. The summed E-state index contributed by atoms with van der Waals surface area (Å²) >= 11 is 0. The second-order valence-corrected chi connectivity index (χ2v) is 7.73. The molecule has 1 aromatic heterocycles. The van der Waals surface area contributed by atoms with Gasteiger partial charge in [-0.3, -0.25) is 9.89 Å². The first-order valence-corrected chi connectivity index (χ1v) is 10.7. The van der Waals surface area contributed by atoms with Crippen LogP contribution in [0.1, 0.15) is 17.5 Å². The summed E-state index contributed by atoms with van der Waals surface area (Å²) < 4.78 is 11.4. The molecule has 0 radical (unpaired) electrons. The van der Waals surface area contributed by atoms with Crippen molar-refractivity contribution in [2.75, 3.05) is 23.8 Å². The molecule has 7 nitrogen and oxygen atoms in total. The highest BCUT2D eigenvalue weighted by molar-refractivity contribution is 6.01. The van der Waals surface area contributed by atoms with E-state index in [1.54, 1.807) is 0 Å². The Balaban J connectivity index is 1.27. The molecule has 0 fully saturated rings. The average Bonchev–Trinajstić information content (AvgIpc) is 3.05. The summed E-state index contributed by atoms with van der Waals surface area (Å²) in [5.74, 6) is 1.78. The number of hydrogen-bond acceptors (Lipinski definition) is 5. The van der Waals surface area contributed by atoms with E-state index in [0.29, 0.717) is 24.8 Å². The Morgan fingerprint density at radius 3 is 2.66 bits per heavy atom. The number of nitrogens with zero attached hydrogens (tertiary/aromatic N) is 1. The molecule has 0 saturated carbocycles. The van der Waals surface area contributed by atoms with Gasteiger partial charge in [-0.25, -0.2) is 0 Å². The number of fused-ring (bicyclic) bond motifs is 2. The minimum atomic E-state index is -0.143. The molecule has 7 heteroatoms. The van der Waals surface area contributed by atoms with Crippen molar-refractivity contribution in [2.24, 2.45) is 0 Å². The van der Waals surface area contributed by atoms with Crippen LogP contribution in [-0.4, -0.2) is 29.3 Å². The number of benzene rings is 3. The molecule has 0 spiro atoms. The number of nitrogens with one attached hydrogen (secondary N) is 3. The van der Waals surface area contributed by atoms with Crippen LogP contribution in [0.2, 0.25) is 0 Å². The predicted molar refractivity (Wildman–Crippen MR) is 124 cm³/mol. The summed E-state index contributed by atoms with van der Waals surface area (Å²) in [6.45, 7) is 1.97. The van der Waals surface area contributed by atoms with Crippen LogP contribution in [0.25, 0.3) is 10.9 Å². The lowest BCUT2D eigenvalue weighted by Gasteiger charge is -2.09. The molecule has 0 saturated heterocycles. The van der Waals surface area contributed by atoms with Crippen molar-refractivity contribution in [1.29, 1.82) is 0 Å². The minimum absolute atomic E-state index is 0.143. The van der Waals surface area contributed by atoms with Gasteiger partial charge in [0.2, 0.25) is 5.91 Å². The number of H-pyrrole nitrogens is 1. The molecule has 5 rings (SSSR count). The first-order valence-electron chi connectivity index (χ1n) is 10.7. The standard InChI is InChI=1S/C25H24N4O3/c30-24(14-18-7-10-22-23(13-18)32-12-4-11-31-22)27-25-20-15-19(8-9-21(20)28-29-25)26-16-17-5-2-1-3-6-17/h1-3,5-10,13,15,26H,4,11-12,14,16H2,(H2,27,28,29,30). The topological polar surface area (TPSA) is 88.3 Å². The molecule has 4 aromatic rings. The van der Waals surface area contributed by atoms with Gasteiger partial charge in [0.1, 0.15) is 0 Å². The molecule has 3 aromatic carbocycles. The maximum Gasteiger partial charge on any atom is 0.230 e. The van der Waals surface area contributed by atoms with Gasteiger partial charge in [0.15, 0.2) is 17.3 Å².